The molecule has 0 saturated carbocycles. The van der Waals surface area contributed by atoms with Crippen LogP contribution in [0.1, 0.15) is 12.0 Å². The molecule has 2 amide bonds. The number of amides is 2. The number of aliphatic hydroxyl groups is 2. The Morgan fingerprint density at radius 2 is 1.82 bits per heavy atom. The maximum atomic E-state index is 13.8. The van der Waals surface area contributed by atoms with Crippen LogP contribution < -0.4 is 10.1 Å². The van der Waals surface area contributed by atoms with Crippen molar-refractivity contribution in [3.05, 3.63) is 75.4 Å². The van der Waals surface area contributed by atoms with Crippen molar-refractivity contribution >= 4 is 34.4 Å². The molecule has 3 atom stereocenters. The molecule has 2 aromatic carbocycles. The number of hydrogen-bond acceptors (Lipinski definition) is 7. The van der Waals surface area contributed by atoms with Gasteiger partial charge in [0.25, 0.3) is 0 Å². The maximum absolute atomic E-state index is 13.8. The normalized spacial score (nSPS) is 21.6. The van der Waals surface area contributed by atoms with Crippen molar-refractivity contribution in [3.8, 4) is 5.75 Å². The standard InChI is InChI=1S/C29H36IN3O6/c30-23-8-4-5-9-25(23)39-26-20-22(29(37)31-10-15-34)19-24(28(26)36)33(12-11-32-13-16-38-17-14-32)27(35)18-21-6-2-1-3-7-21/h1-9,20,24,26,28,34,36H,10-19H2,(H,31,37). The summed E-state index contributed by atoms with van der Waals surface area (Å²) in [5.41, 5.74) is 1.30. The highest BCUT2D eigenvalue weighted by Gasteiger charge is 2.40. The molecule has 1 saturated heterocycles. The van der Waals surface area contributed by atoms with Gasteiger partial charge >= 0.3 is 0 Å². The number of para-hydroxylation sites is 1. The van der Waals surface area contributed by atoms with Gasteiger partial charge in [0.1, 0.15) is 18.0 Å². The molecule has 0 bridgehead atoms. The van der Waals surface area contributed by atoms with Gasteiger partial charge in [0.2, 0.25) is 11.8 Å². The molecule has 210 valence electrons. The molecule has 1 aliphatic heterocycles. The van der Waals surface area contributed by atoms with Crippen LogP contribution in [0, 0.1) is 3.57 Å². The molecule has 10 heteroatoms. The second kappa shape index (κ2) is 14.8. The number of aliphatic hydroxyl groups excluding tert-OH is 2. The van der Waals surface area contributed by atoms with Crippen molar-refractivity contribution in [1.29, 1.82) is 0 Å². The van der Waals surface area contributed by atoms with E-state index in [0.29, 0.717) is 37.6 Å². The molecule has 1 heterocycles. The highest BCUT2D eigenvalue weighted by molar-refractivity contribution is 14.1. The fourth-order valence-corrected chi connectivity index (χ4v) is 5.40. The topological polar surface area (TPSA) is 112 Å². The highest BCUT2D eigenvalue weighted by Crippen LogP contribution is 2.30. The number of carbonyl (C=O) groups excluding carboxylic acids is 2. The molecule has 3 N–H and O–H groups in total. The Bertz CT molecular complexity index is 1130. The molecule has 2 aromatic rings. The lowest BCUT2D eigenvalue weighted by molar-refractivity contribution is -0.138. The highest BCUT2D eigenvalue weighted by atomic mass is 127. The molecule has 0 radical (unpaired) electrons. The van der Waals surface area contributed by atoms with Crippen LogP contribution in [-0.4, -0.2) is 103 Å². The van der Waals surface area contributed by atoms with E-state index in [-0.39, 0.29) is 37.8 Å². The van der Waals surface area contributed by atoms with Crippen molar-refractivity contribution in [3.63, 3.8) is 0 Å². The summed E-state index contributed by atoms with van der Waals surface area (Å²) in [5, 5.41) is 23.5. The Hall–Kier alpha value is -2.51. The number of morpholine rings is 1. The summed E-state index contributed by atoms with van der Waals surface area (Å²) < 4.78 is 12.6. The monoisotopic (exact) mass is 649 g/mol. The second-order valence-corrected chi connectivity index (χ2v) is 10.8. The molecule has 3 unspecified atom stereocenters. The van der Waals surface area contributed by atoms with E-state index in [1.807, 2.05) is 54.6 Å². The van der Waals surface area contributed by atoms with E-state index >= 15 is 0 Å². The first-order valence-electron chi connectivity index (χ1n) is 13.3. The summed E-state index contributed by atoms with van der Waals surface area (Å²) >= 11 is 2.17. The summed E-state index contributed by atoms with van der Waals surface area (Å²) in [4.78, 5) is 30.7. The van der Waals surface area contributed by atoms with Gasteiger partial charge in [-0.25, -0.2) is 0 Å². The quantitative estimate of drug-likeness (QED) is 0.318. The minimum atomic E-state index is -1.06. The van der Waals surface area contributed by atoms with Gasteiger partial charge in [0, 0.05) is 44.7 Å². The Balaban J connectivity index is 1.62. The number of nitrogens with zero attached hydrogens (tertiary/aromatic N) is 2. The van der Waals surface area contributed by atoms with Crippen LogP contribution in [0.2, 0.25) is 0 Å². The SMILES string of the molecule is O=C(NCCO)C1=CC(Oc2ccccc2I)C(O)C(N(CCN2CCOCC2)C(=O)Cc2ccccc2)C1. The Morgan fingerprint density at radius 3 is 2.54 bits per heavy atom. The van der Waals surface area contributed by atoms with E-state index in [9.17, 15) is 19.8 Å². The molecule has 39 heavy (non-hydrogen) atoms. The van der Waals surface area contributed by atoms with Gasteiger partial charge < -0.3 is 29.9 Å². The van der Waals surface area contributed by atoms with Crippen molar-refractivity contribution in [2.75, 3.05) is 52.5 Å². The van der Waals surface area contributed by atoms with E-state index in [2.05, 4.69) is 32.8 Å². The molecular formula is C29H36IN3O6. The maximum Gasteiger partial charge on any atom is 0.247 e. The van der Waals surface area contributed by atoms with Crippen molar-refractivity contribution in [2.45, 2.75) is 31.1 Å². The lowest BCUT2D eigenvalue weighted by atomic mass is 9.87. The zero-order chi connectivity index (χ0) is 27.6. The zero-order valence-corrected chi connectivity index (χ0v) is 24.0. The smallest absolute Gasteiger partial charge is 0.247 e. The van der Waals surface area contributed by atoms with Crippen molar-refractivity contribution in [1.82, 2.24) is 15.1 Å². The summed E-state index contributed by atoms with van der Waals surface area (Å²) in [6.07, 6.45) is 0.0993. The molecule has 4 rings (SSSR count). The number of carbonyl (C=O) groups is 2. The van der Waals surface area contributed by atoms with Gasteiger partial charge in [-0.3, -0.25) is 14.5 Å². The number of hydrogen-bond donors (Lipinski definition) is 3. The van der Waals surface area contributed by atoms with Crippen molar-refractivity contribution < 1.29 is 29.3 Å². The van der Waals surface area contributed by atoms with Crippen LogP contribution in [0.4, 0.5) is 0 Å². The number of nitrogens with one attached hydrogen (secondary N) is 1. The molecule has 1 aliphatic carbocycles. The third kappa shape index (κ3) is 8.24. The third-order valence-corrected chi connectivity index (χ3v) is 7.88. The summed E-state index contributed by atoms with van der Waals surface area (Å²) in [6.45, 7) is 3.80. The molecule has 9 nitrogen and oxygen atoms in total. The predicted octanol–water partition coefficient (Wildman–Crippen LogP) is 1.61. The molecule has 1 fully saturated rings. The zero-order valence-electron chi connectivity index (χ0n) is 21.9. The van der Waals surface area contributed by atoms with Gasteiger partial charge in [-0.1, -0.05) is 42.5 Å². The van der Waals surface area contributed by atoms with Gasteiger partial charge in [-0.2, -0.15) is 0 Å². The van der Waals surface area contributed by atoms with Crippen molar-refractivity contribution in [2.24, 2.45) is 0 Å². The van der Waals surface area contributed by atoms with Crippen LogP contribution in [0.15, 0.2) is 66.2 Å². The molecular weight excluding hydrogens is 613 g/mol. The minimum absolute atomic E-state index is 0.110. The van der Waals surface area contributed by atoms with E-state index in [4.69, 9.17) is 9.47 Å². The van der Waals surface area contributed by atoms with E-state index in [0.717, 1.165) is 22.2 Å². The second-order valence-electron chi connectivity index (χ2n) is 9.65. The number of ether oxygens (including phenoxy) is 2. The van der Waals surface area contributed by atoms with E-state index in [1.165, 1.54) is 0 Å². The van der Waals surface area contributed by atoms with Gasteiger partial charge in [0.15, 0.2) is 0 Å². The fraction of sp³-hybridized carbons (Fsp3) is 0.448. The average molecular weight is 650 g/mol. The first-order chi connectivity index (χ1) is 19.0. The third-order valence-electron chi connectivity index (χ3n) is 6.99. The minimum Gasteiger partial charge on any atom is -0.482 e. The van der Waals surface area contributed by atoms with Crippen LogP contribution in [0.5, 0.6) is 5.75 Å². The molecule has 2 aliphatic rings. The summed E-state index contributed by atoms with van der Waals surface area (Å²) in [5.74, 6) is 0.120. The van der Waals surface area contributed by atoms with E-state index < -0.39 is 18.2 Å². The number of benzene rings is 2. The molecule has 0 spiro atoms. The fourth-order valence-electron chi connectivity index (χ4n) is 4.89. The lowest BCUT2D eigenvalue weighted by Crippen LogP contribution is -2.57. The summed E-state index contributed by atoms with van der Waals surface area (Å²) in [7, 11) is 0. The van der Waals surface area contributed by atoms with Crippen LogP contribution in [-0.2, 0) is 20.7 Å². The first-order valence-corrected chi connectivity index (χ1v) is 14.4. The Kier molecular flexibility index (Phi) is 11.2. The van der Waals surface area contributed by atoms with E-state index in [1.54, 1.807) is 11.0 Å². The van der Waals surface area contributed by atoms with Crippen LogP contribution in [0.25, 0.3) is 0 Å². The Labute approximate surface area is 242 Å². The van der Waals surface area contributed by atoms with Crippen LogP contribution >= 0.6 is 22.6 Å². The van der Waals surface area contributed by atoms with Gasteiger partial charge in [-0.15, -0.1) is 0 Å². The number of halogens is 1. The first kappa shape index (κ1) is 29.5. The van der Waals surface area contributed by atoms with Gasteiger partial charge in [0.05, 0.1) is 35.9 Å². The Morgan fingerprint density at radius 1 is 1.10 bits per heavy atom. The van der Waals surface area contributed by atoms with Gasteiger partial charge in [-0.05, 0) is 46.4 Å². The lowest BCUT2D eigenvalue weighted by Gasteiger charge is -2.41. The number of rotatable bonds is 11. The average Bonchev–Trinajstić information content (AvgIpc) is 2.95. The van der Waals surface area contributed by atoms with Crippen LogP contribution in [0.3, 0.4) is 0 Å². The molecule has 0 aromatic heterocycles. The predicted molar refractivity (Wildman–Crippen MR) is 155 cm³/mol. The largest absolute Gasteiger partial charge is 0.482 e. The summed E-state index contributed by atoms with van der Waals surface area (Å²) in [6, 6.07) is 16.3.